The van der Waals surface area contributed by atoms with E-state index in [1.54, 1.807) is 11.3 Å². The SMILES string of the molecule is CC1CCCN1C(=O)c1n[nH]c2c1CN(Cc1nccs1)CC2. The molecule has 1 fully saturated rings. The highest BCUT2D eigenvalue weighted by molar-refractivity contribution is 7.09. The van der Waals surface area contributed by atoms with Crippen LogP contribution in [0.15, 0.2) is 11.6 Å². The molecule has 1 saturated heterocycles. The van der Waals surface area contributed by atoms with Crippen molar-refractivity contribution in [1.29, 1.82) is 0 Å². The molecule has 2 aliphatic heterocycles. The second-order valence-electron chi connectivity index (χ2n) is 6.41. The minimum atomic E-state index is 0.0867. The van der Waals surface area contributed by atoms with Gasteiger partial charge in [-0.25, -0.2) is 4.98 Å². The summed E-state index contributed by atoms with van der Waals surface area (Å²) in [6.07, 6.45) is 4.94. The highest BCUT2D eigenvalue weighted by Crippen LogP contribution is 2.25. The molecule has 6 nitrogen and oxygen atoms in total. The molecule has 2 aliphatic rings. The molecule has 0 radical (unpaired) electrons. The number of H-pyrrole nitrogens is 1. The van der Waals surface area contributed by atoms with Crippen LogP contribution in [0, 0.1) is 0 Å². The average Bonchev–Trinajstić information content (AvgIpc) is 3.27. The van der Waals surface area contributed by atoms with Crippen molar-refractivity contribution in [2.45, 2.75) is 45.3 Å². The number of amides is 1. The number of carbonyl (C=O) groups excluding carboxylic acids is 1. The first kappa shape index (κ1) is 14.8. The normalized spacial score (nSPS) is 21.6. The van der Waals surface area contributed by atoms with Crippen molar-refractivity contribution < 1.29 is 4.79 Å². The maximum absolute atomic E-state index is 12.8. The first-order valence-electron chi connectivity index (χ1n) is 8.20. The van der Waals surface area contributed by atoms with E-state index in [-0.39, 0.29) is 5.91 Å². The second-order valence-corrected chi connectivity index (χ2v) is 7.38. The first-order chi connectivity index (χ1) is 11.2. The van der Waals surface area contributed by atoms with Gasteiger partial charge in [0, 0.05) is 54.9 Å². The molecule has 2 aromatic rings. The molecule has 1 N–H and O–H groups in total. The van der Waals surface area contributed by atoms with Crippen LogP contribution >= 0.6 is 11.3 Å². The molecular formula is C16H21N5OS. The number of nitrogens with one attached hydrogen (secondary N) is 1. The Kier molecular flexibility index (Phi) is 3.90. The highest BCUT2D eigenvalue weighted by Gasteiger charge is 2.32. The van der Waals surface area contributed by atoms with Gasteiger partial charge in [0.05, 0.1) is 6.54 Å². The molecule has 7 heteroatoms. The summed E-state index contributed by atoms with van der Waals surface area (Å²) in [5, 5.41) is 10.6. The molecule has 23 heavy (non-hydrogen) atoms. The molecule has 0 aliphatic carbocycles. The third-order valence-electron chi connectivity index (χ3n) is 4.87. The molecule has 0 saturated carbocycles. The smallest absolute Gasteiger partial charge is 0.274 e. The van der Waals surface area contributed by atoms with Gasteiger partial charge in [-0.3, -0.25) is 14.8 Å². The van der Waals surface area contributed by atoms with E-state index in [1.807, 2.05) is 16.5 Å². The van der Waals surface area contributed by atoms with Crippen molar-refractivity contribution in [2.24, 2.45) is 0 Å². The molecule has 122 valence electrons. The van der Waals surface area contributed by atoms with Gasteiger partial charge in [0.2, 0.25) is 0 Å². The Bertz CT molecular complexity index is 695. The van der Waals surface area contributed by atoms with Gasteiger partial charge in [-0.2, -0.15) is 5.10 Å². The Morgan fingerprint density at radius 1 is 1.48 bits per heavy atom. The van der Waals surface area contributed by atoms with Gasteiger partial charge in [-0.1, -0.05) is 0 Å². The molecule has 2 aromatic heterocycles. The third kappa shape index (κ3) is 2.79. The lowest BCUT2D eigenvalue weighted by Gasteiger charge is -2.27. The van der Waals surface area contributed by atoms with Crippen LogP contribution in [0.4, 0.5) is 0 Å². The fourth-order valence-electron chi connectivity index (χ4n) is 3.56. The Labute approximate surface area is 139 Å². The summed E-state index contributed by atoms with van der Waals surface area (Å²) in [4.78, 5) is 21.5. The first-order valence-corrected chi connectivity index (χ1v) is 9.08. The number of rotatable bonds is 3. The molecule has 1 amide bonds. The fourth-order valence-corrected chi connectivity index (χ4v) is 4.21. The number of carbonyl (C=O) groups is 1. The number of likely N-dealkylation sites (tertiary alicyclic amines) is 1. The van der Waals surface area contributed by atoms with E-state index < -0.39 is 0 Å². The largest absolute Gasteiger partial charge is 0.335 e. The quantitative estimate of drug-likeness (QED) is 0.935. The van der Waals surface area contributed by atoms with Gasteiger partial charge >= 0.3 is 0 Å². The Hall–Kier alpha value is -1.73. The van der Waals surface area contributed by atoms with Crippen molar-refractivity contribution in [3.05, 3.63) is 33.5 Å². The highest BCUT2D eigenvalue weighted by atomic mass is 32.1. The van der Waals surface area contributed by atoms with E-state index in [2.05, 4.69) is 27.0 Å². The molecule has 1 atom stereocenters. The summed E-state index contributed by atoms with van der Waals surface area (Å²) in [5.74, 6) is 0.0867. The molecule has 4 heterocycles. The predicted molar refractivity (Wildman–Crippen MR) is 88.3 cm³/mol. The average molecular weight is 331 g/mol. The van der Waals surface area contributed by atoms with Crippen molar-refractivity contribution in [3.8, 4) is 0 Å². The summed E-state index contributed by atoms with van der Waals surface area (Å²) in [5.41, 5.74) is 2.82. The molecular weight excluding hydrogens is 310 g/mol. The van der Waals surface area contributed by atoms with E-state index >= 15 is 0 Å². The monoisotopic (exact) mass is 331 g/mol. The number of hydrogen-bond donors (Lipinski definition) is 1. The maximum Gasteiger partial charge on any atom is 0.274 e. The summed E-state index contributed by atoms with van der Waals surface area (Å²) in [6.45, 7) is 5.57. The zero-order valence-electron chi connectivity index (χ0n) is 13.3. The van der Waals surface area contributed by atoms with E-state index in [1.165, 1.54) is 0 Å². The molecule has 0 aromatic carbocycles. The topological polar surface area (TPSA) is 65.1 Å². The van der Waals surface area contributed by atoms with E-state index in [9.17, 15) is 4.79 Å². The summed E-state index contributed by atoms with van der Waals surface area (Å²) in [6, 6.07) is 0.324. The number of hydrogen-bond acceptors (Lipinski definition) is 5. The second kappa shape index (κ2) is 6.05. The molecule has 0 spiro atoms. The lowest BCUT2D eigenvalue weighted by molar-refractivity contribution is 0.0738. The zero-order chi connectivity index (χ0) is 15.8. The number of fused-ring (bicyclic) bond motifs is 1. The van der Waals surface area contributed by atoms with Gasteiger partial charge in [0.1, 0.15) is 5.01 Å². The van der Waals surface area contributed by atoms with Crippen molar-refractivity contribution in [1.82, 2.24) is 25.0 Å². The van der Waals surface area contributed by atoms with E-state index in [4.69, 9.17) is 0 Å². The Morgan fingerprint density at radius 3 is 3.13 bits per heavy atom. The molecule has 1 unspecified atom stereocenters. The van der Waals surface area contributed by atoms with Crippen LogP contribution in [0.2, 0.25) is 0 Å². The van der Waals surface area contributed by atoms with Crippen LogP contribution in [-0.4, -0.2) is 50.0 Å². The number of aromatic nitrogens is 3. The lowest BCUT2D eigenvalue weighted by atomic mass is 10.0. The van der Waals surface area contributed by atoms with Crippen molar-refractivity contribution in [3.63, 3.8) is 0 Å². The van der Waals surface area contributed by atoms with Crippen LogP contribution in [0.1, 0.15) is 46.5 Å². The zero-order valence-corrected chi connectivity index (χ0v) is 14.1. The van der Waals surface area contributed by atoms with Crippen LogP contribution in [-0.2, 0) is 19.5 Å². The van der Waals surface area contributed by atoms with Crippen LogP contribution < -0.4 is 0 Å². The van der Waals surface area contributed by atoms with E-state index in [0.717, 1.165) is 61.7 Å². The fraction of sp³-hybridized carbons (Fsp3) is 0.562. The number of nitrogens with zero attached hydrogens (tertiary/aromatic N) is 4. The minimum Gasteiger partial charge on any atom is -0.335 e. The summed E-state index contributed by atoms with van der Waals surface area (Å²) >= 11 is 1.68. The van der Waals surface area contributed by atoms with Crippen LogP contribution in [0.3, 0.4) is 0 Å². The molecule has 0 bridgehead atoms. The number of aromatic amines is 1. The molecule has 4 rings (SSSR count). The Morgan fingerprint density at radius 2 is 2.39 bits per heavy atom. The van der Waals surface area contributed by atoms with Gasteiger partial charge in [0.15, 0.2) is 5.69 Å². The summed E-state index contributed by atoms with van der Waals surface area (Å²) < 4.78 is 0. The van der Waals surface area contributed by atoms with Crippen molar-refractivity contribution >= 4 is 17.2 Å². The standard InChI is InChI=1S/C16H21N5OS/c1-11-3-2-6-21(11)16(22)15-12-9-20(7-4-13(12)18-19-15)10-14-17-5-8-23-14/h5,8,11H,2-4,6-7,9-10H2,1H3,(H,18,19). The lowest BCUT2D eigenvalue weighted by Crippen LogP contribution is -2.36. The van der Waals surface area contributed by atoms with E-state index in [0.29, 0.717) is 11.7 Å². The van der Waals surface area contributed by atoms with Gasteiger partial charge in [-0.05, 0) is 19.8 Å². The van der Waals surface area contributed by atoms with Gasteiger partial charge < -0.3 is 4.90 Å². The predicted octanol–water partition coefficient (Wildman–Crippen LogP) is 2.05. The van der Waals surface area contributed by atoms with Gasteiger partial charge in [-0.15, -0.1) is 11.3 Å². The maximum atomic E-state index is 12.8. The van der Waals surface area contributed by atoms with Gasteiger partial charge in [0.25, 0.3) is 5.91 Å². The van der Waals surface area contributed by atoms with Crippen molar-refractivity contribution in [2.75, 3.05) is 13.1 Å². The van der Waals surface area contributed by atoms with Crippen LogP contribution in [0.5, 0.6) is 0 Å². The number of thiazole rings is 1. The Balaban J connectivity index is 1.53. The summed E-state index contributed by atoms with van der Waals surface area (Å²) in [7, 11) is 0. The third-order valence-corrected chi connectivity index (χ3v) is 5.64. The van der Waals surface area contributed by atoms with Crippen LogP contribution in [0.25, 0.3) is 0 Å². The minimum absolute atomic E-state index is 0.0867.